The Kier molecular flexibility index (Phi) is 5.53. The van der Waals surface area contributed by atoms with Crippen LogP contribution in [0.25, 0.3) is 11.0 Å². The van der Waals surface area contributed by atoms with Crippen LogP contribution in [0.4, 0.5) is 4.79 Å². The number of nitrogens with one attached hydrogen (secondary N) is 2. The van der Waals surface area contributed by atoms with Gasteiger partial charge in [-0.15, -0.1) is 0 Å². The molecule has 1 aliphatic heterocycles. The van der Waals surface area contributed by atoms with E-state index in [4.69, 9.17) is 4.74 Å². The van der Waals surface area contributed by atoms with E-state index < -0.39 is 12.1 Å². The molecule has 1 saturated heterocycles. The van der Waals surface area contributed by atoms with Crippen molar-refractivity contribution in [3.8, 4) is 0 Å². The number of aromatic amines is 1. The van der Waals surface area contributed by atoms with Gasteiger partial charge in [0.1, 0.15) is 11.9 Å². The minimum absolute atomic E-state index is 0.102. The van der Waals surface area contributed by atoms with Crippen LogP contribution in [0, 0.1) is 0 Å². The molecule has 1 fully saturated rings. The number of aryl methyl sites for hydroxylation is 1. The fraction of sp³-hybridized carbons (Fsp3) is 0.500. The summed E-state index contributed by atoms with van der Waals surface area (Å²) in [4.78, 5) is 33.5. The zero-order valence-corrected chi connectivity index (χ0v) is 14.5. The van der Waals surface area contributed by atoms with Crippen LogP contribution in [0.3, 0.4) is 0 Å². The third-order valence-corrected chi connectivity index (χ3v) is 4.54. The van der Waals surface area contributed by atoms with Crippen LogP contribution in [-0.2, 0) is 16.0 Å². The number of carbonyl (C=O) groups excluding carboxylic acids is 2. The van der Waals surface area contributed by atoms with Crippen LogP contribution in [0.5, 0.6) is 0 Å². The quantitative estimate of drug-likeness (QED) is 0.814. The van der Waals surface area contributed by atoms with Crippen molar-refractivity contribution in [2.75, 3.05) is 20.2 Å². The summed E-state index contributed by atoms with van der Waals surface area (Å²) < 4.78 is 4.78. The van der Waals surface area contributed by atoms with Gasteiger partial charge in [0.25, 0.3) is 0 Å². The molecule has 1 aromatic carbocycles. The lowest BCUT2D eigenvalue weighted by atomic mass is 10.0. The lowest BCUT2D eigenvalue weighted by Gasteiger charge is -2.33. The molecule has 0 spiro atoms. The summed E-state index contributed by atoms with van der Waals surface area (Å²) in [5, 5.41) is 2.94. The van der Waals surface area contributed by atoms with Crippen molar-refractivity contribution >= 4 is 23.0 Å². The van der Waals surface area contributed by atoms with E-state index >= 15 is 0 Å². The van der Waals surface area contributed by atoms with E-state index in [1.54, 1.807) is 0 Å². The van der Waals surface area contributed by atoms with Crippen LogP contribution in [-0.4, -0.2) is 53.1 Å². The van der Waals surface area contributed by atoms with Crippen LogP contribution >= 0.6 is 0 Å². The first-order chi connectivity index (χ1) is 12.2. The number of methoxy groups -OCH3 is 1. The fourth-order valence-electron chi connectivity index (χ4n) is 3.25. The van der Waals surface area contributed by atoms with Crippen LogP contribution in [0.15, 0.2) is 24.3 Å². The summed E-state index contributed by atoms with van der Waals surface area (Å²) in [6.45, 7) is 1.13. The Labute approximate surface area is 146 Å². The number of benzene rings is 1. The van der Waals surface area contributed by atoms with E-state index in [0.29, 0.717) is 19.5 Å². The van der Waals surface area contributed by atoms with Gasteiger partial charge < -0.3 is 15.0 Å². The first-order valence-corrected chi connectivity index (χ1v) is 8.75. The van der Waals surface area contributed by atoms with Gasteiger partial charge in [-0.1, -0.05) is 12.1 Å². The van der Waals surface area contributed by atoms with Gasteiger partial charge in [-0.05, 0) is 37.8 Å². The van der Waals surface area contributed by atoms with E-state index in [1.165, 1.54) is 12.0 Å². The molecule has 7 nitrogen and oxygen atoms in total. The maximum absolute atomic E-state index is 12.4. The van der Waals surface area contributed by atoms with E-state index in [0.717, 1.165) is 42.5 Å². The standard InChI is InChI=1S/C18H24N4O3/c1-25-18(24)22-12-5-4-9-15(22)17(23)19-11-6-10-16-20-13-7-2-3-8-14(13)21-16/h2-3,7-8,15H,4-6,9-12H2,1H3,(H,19,23)(H,20,21)/t15-/m0/s1. The number of fused-ring (bicyclic) bond motifs is 1. The number of ether oxygens (including phenoxy) is 1. The molecule has 7 heteroatoms. The van der Waals surface area contributed by atoms with E-state index in [1.807, 2.05) is 24.3 Å². The normalized spacial score (nSPS) is 17.5. The van der Waals surface area contributed by atoms with Crippen molar-refractivity contribution in [1.82, 2.24) is 20.2 Å². The smallest absolute Gasteiger partial charge is 0.410 e. The first-order valence-electron chi connectivity index (χ1n) is 8.75. The zero-order valence-electron chi connectivity index (χ0n) is 14.5. The molecule has 2 N–H and O–H groups in total. The average molecular weight is 344 g/mol. The summed E-state index contributed by atoms with van der Waals surface area (Å²) in [5.74, 6) is 0.819. The van der Waals surface area contributed by atoms with Crippen molar-refractivity contribution in [2.45, 2.75) is 38.1 Å². The second kappa shape index (κ2) is 8.00. The van der Waals surface area contributed by atoms with Gasteiger partial charge >= 0.3 is 6.09 Å². The highest BCUT2D eigenvalue weighted by Crippen LogP contribution is 2.18. The maximum Gasteiger partial charge on any atom is 0.410 e. The van der Waals surface area contributed by atoms with Gasteiger partial charge in [0.05, 0.1) is 18.1 Å². The summed E-state index contributed by atoms with van der Waals surface area (Å²) in [6, 6.07) is 7.48. The van der Waals surface area contributed by atoms with Crippen LogP contribution in [0.2, 0.25) is 0 Å². The van der Waals surface area contributed by atoms with Gasteiger partial charge in [-0.2, -0.15) is 0 Å². The van der Waals surface area contributed by atoms with Gasteiger partial charge in [0, 0.05) is 19.5 Å². The highest BCUT2D eigenvalue weighted by Gasteiger charge is 2.32. The van der Waals surface area contributed by atoms with Gasteiger partial charge in [-0.3, -0.25) is 9.69 Å². The number of likely N-dealkylation sites (tertiary alicyclic amines) is 1. The molecule has 134 valence electrons. The number of nitrogens with zero attached hydrogens (tertiary/aromatic N) is 2. The Hall–Kier alpha value is -2.57. The van der Waals surface area contributed by atoms with E-state index in [2.05, 4.69) is 15.3 Å². The molecule has 1 aromatic heterocycles. The molecule has 0 bridgehead atoms. The van der Waals surface area contributed by atoms with Crippen molar-refractivity contribution < 1.29 is 14.3 Å². The molecule has 2 aromatic rings. The Balaban J connectivity index is 1.47. The number of piperidine rings is 1. The highest BCUT2D eigenvalue weighted by molar-refractivity contribution is 5.85. The van der Waals surface area contributed by atoms with Gasteiger partial charge in [-0.25, -0.2) is 9.78 Å². The van der Waals surface area contributed by atoms with Crippen molar-refractivity contribution in [1.29, 1.82) is 0 Å². The molecule has 25 heavy (non-hydrogen) atoms. The Morgan fingerprint density at radius 2 is 2.20 bits per heavy atom. The molecule has 0 saturated carbocycles. The zero-order chi connectivity index (χ0) is 17.6. The van der Waals surface area contributed by atoms with Crippen LogP contribution < -0.4 is 5.32 Å². The summed E-state index contributed by atoms with van der Waals surface area (Å²) >= 11 is 0. The molecular weight excluding hydrogens is 320 g/mol. The predicted molar refractivity (Wildman–Crippen MR) is 94.2 cm³/mol. The monoisotopic (exact) mass is 344 g/mol. The average Bonchev–Trinajstić information content (AvgIpc) is 3.07. The fourth-order valence-corrected chi connectivity index (χ4v) is 3.25. The van der Waals surface area contributed by atoms with Crippen molar-refractivity contribution in [2.24, 2.45) is 0 Å². The van der Waals surface area contributed by atoms with Gasteiger partial charge in [0.15, 0.2) is 0 Å². The Morgan fingerprint density at radius 1 is 1.36 bits per heavy atom. The second-order valence-electron chi connectivity index (χ2n) is 6.27. The number of rotatable bonds is 5. The molecular formula is C18H24N4O3. The van der Waals surface area contributed by atoms with Crippen LogP contribution in [0.1, 0.15) is 31.5 Å². The minimum Gasteiger partial charge on any atom is -0.453 e. The van der Waals surface area contributed by atoms with E-state index in [-0.39, 0.29) is 5.91 Å². The number of aromatic nitrogens is 2. The third-order valence-electron chi connectivity index (χ3n) is 4.54. The molecule has 0 aliphatic carbocycles. The molecule has 3 rings (SSSR count). The SMILES string of the molecule is COC(=O)N1CCCC[C@H]1C(=O)NCCCc1nc2ccccc2[nH]1. The molecule has 0 unspecified atom stereocenters. The summed E-state index contributed by atoms with van der Waals surface area (Å²) in [6.07, 6.45) is 3.67. The predicted octanol–water partition coefficient (Wildman–Crippen LogP) is 2.23. The minimum atomic E-state index is -0.429. The number of carbonyl (C=O) groups is 2. The lowest BCUT2D eigenvalue weighted by Crippen LogP contribution is -2.52. The first kappa shape index (κ1) is 17.3. The number of imidazole rings is 1. The second-order valence-corrected chi connectivity index (χ2v) is 6.27. The molecule has 2 amide bonds. The summed E-state index contributed by atoms with van der Waals surface area (Å²) in [5.41, 5.74) is 1.98. The molecule has 1 aliphatic rings. The Morgan fingerprint density at radius 3 is 3.00 bits per heavy atom. The third kappa shape index (κ3) is 4.10. The summed E-state index contributed by atoms with van der Waals surface area (Å²) in [7, 11) is 1.35. The highest BCUT2D eigenvalue weighted by atomic mass is 16.5. The number of hydrogen-bond donors (Lipinski definition) is 2. The molecule has 1 atom stereocenters. The molecule has 0 radical (unpaired) electrons. The largest absolute Gasteiger partial charge is 0.453 e. The van der Waals surface area contributed by atoms with Crippen molar-refractivity contribution in [3.05, 3.63) is 30.1 Å². The lowest BCUT2D eigenvalue weighted by molar-refractivity contribution is -0.126. The molecule has 2 heterocycles. The maximum atomic E-state index is 12.4. The number of hydrogen-bond acceptors (Lipinski definition) is 4. The number of para-hydroxylation sites is 2. The number of H-pyrrole nitrogens is 1. The van der Waals surface area contributed by atoms with E-state index in [9.17, 15) is 9.59 Å². The Bertz CT molecular complexity index is 710. The van der Waals surface area contributed by atoms with Gasteiger partial charge in [0.2, 0.25) is 5.91 Å². The topological polar surface area (TPSA) is 87.3 Å². The number of amides is 2. The van der Waals surface area contributed by atoms with Crippen molar-refractivity contribution in [3.63, 3.8) is 0 Å².